The van der Waals surface area contributed by atoms with E-state index in [1.807, 2.05) is 19.1 Å². The van der Waals surface area contributed by atoms with Crippen molar-refractivity contribution in [3.63, 3.8) is 0 Å². The molecule has 0 radical (unpaired) electrons. The molecule has 3 nitrogen and oxygen atoms in total. The van der Waals surface area contributed by atoms with Crippen molar-refractivity contribution in [2.45, 2.75) is 11.8 Å². The fraction of sp³-hybridized carbons (Fsp3) is 0.500. The van der Waals surface area contributed by atoms with E-state index in [2.05, 4.69) is 0 Å². The molecule has 0 aliphatic rings. The average Bonchev–Trinajstić information content (AvgIpc) is 2.30. The number of benzene rings is 1. The van der Waals surface area contributed by atoms with Crippen LogP contribution in [-0.2, 0) is 9.47 Å². The van der Waals surface area contributed by atoms with E-state index >= 15 is 0 Å². The zero-order valence-electron chi connectivity index (χ0n) is 9.52. The van der Waals surface area contributed by atoms with Gasteiger partial charge in [-0.1, -0.05) is 0 Å². The maximum atomic E-state index is 9.10. The van der Waals surface area contributed by atoms with Crippen LogP contribution in [0.25, 0.3) is 0 Å². The van der Waals surface area contributed by atoms with Crippen LogP contribution in [0.3, 0.4) is 0 Å². The molecule has 0 aromatic heterocycles. The molecular formula is C12H18O3S. The molecule has 1 N–H and O–H groups in total. The Morgan fingerprint density at radius 2 is 1.75 bits per heavy atom. The first-order chi connectivity index (χ1) is 7.83. The summed E-state index contributed by atoms with van der Waals surface area (Å²) in [5.41, 5.74) is 0. The molecule has 1 rings (SSSR count). The van der Waals surface area contributed by atoms with Crippen LogP contribution < -0.4 is 0 Å². The molecule has 0 unspecified atom stereocenters. The van der Waals surface area contributed by atoms with E-state index in [1.54, 1.807) is 23.9 Å². The van der Waals surface area contributed by atoms with Gasteiger partial charge in [0.25, 0.3) is 0 Å². The second kappa shape index (κ2) is 8.44. The molecule has 0 saturated heterocycles. The third-order valence-electron chi connectivity index (χ3n) is 1.91. The van der Waals surface area contributed by atoms with E-state index in [-0.39, 0.29) is 0 Å². The van der Waals surface area contributed by atoms with Crippen LogP contribution in [0.1, 0.15) is 6.92 Å². The average molecular weight is 242 g/mol. The second-order valence-corrected chi connectivity index (χ2v) is 4.32. The van der Waals surface area contributed by atoms with Gasteiger partial charge in [-0.25, -0.2) is 0 Å². The molecule has 4 heteroatoms. The molecule has 0 bridgehead atoms. The van der Waals surface area contributed by atoms with Gasteiger partial charge in [-0.2, -0.15) is 0 Å². The Balaban J connectivity index is 2.01. The van der Waals surface area contributed by atoms with Gasteiger partial charge >= 0.3 is 0 Å². The molecular weight excluding hydrogens is 224 g/mol. The summed E-state index contributed by atoms with van der Waals surface area (Å²) in [7, 11) is 0. The lowest BCUT2D eigenvalue weighted by Gasteiger charge is -2.04. The van der Waals surface area contributed by atoms with E-state index in [1.165, 1.54) is 0 Å². The SMILES string of the molecule is CCOCCOCCSc1ccc(O)cc1. The zero-order valence-corrected chi connectivity index (χ0v) is 10.3. The lowest BCUT2D eigenvalue weighted by molar-refractivity contribution is 0.0594. The highest BCUT2D eigenvalue weighted by molar-refractivity contribution is 7.99. The third-order valence-corrected chi connectivity index (χ3v) is 2.89. The minimum atomic E-state index is 0.303. The van der Waals surface area contributed by atoms with Crippen molar-refractivity contribution < 1.29 is 14.6 Å². The van der Waals surface area contributed by atoms with Gasteiger partial charge in [-0.05, 0) is 31.2 Å². The minimum Gasteiger partial charge on any atom is -0.508 e. The Kier molecular flexibility index (Phi) is 7.05. The van der Waals surface area contributed by atoms with Crippen molar-refractivity contribution in [1.29, 1.82) is 0 Å². The molecule has 90 valence electrons. The summed E-state index contributed by atoms with van der Waals surface area (Å²) < 4.78 is 10.5. The van der Waals surface area contributed by atoms with Crippen molar-refractivity contribution in [3.8, 4) is 5.75 Å². The zero-order chi connectivity index (χ0) is 11.6. The van der Waals surface area contributed by atoms with Gasteiger partial charge in [-0.15, -0.1) is 11.8 Å². The lowest BCUT2D eigenvalue weighted by atomic mass is 10.3. The van der Waals surface area contributed by atoms with Crippen LogP contribution in [0.15, 0.2) is 29.2 Å². The number of hydrogen-bond acceptors (Lipinski definition) is 4. The molecule has 0 spiro atoms. The first-order valence-electron chi connectivity index (χ1n) is 5.40. The molecule has 0 heterocycles. The lowest BCUT2D eigenvalue weighted by Crippen LogP contribution is -2.06. The molecule has 0 amide bonds. The maximum absolute atomic E-state index is 9.10. The van der Waals surface area contributed by atoms with Crippen molar-refractivity contribution in [2.24, 2.45) is 0 Å². The number of rotatable bonds is 8. The highest BCUT2D eigenvalue weighted by Gasteiger charge is 1.94. The Morgan fingerprint density at radius 3 is 2.44 bits per heavy atom. The summed E-state index contributed by atoms with van der Waals surface area (Å²) in [5, 5.41) is 9.10. The number of hydrogen-bond donors (Lipinski definition) is 1. The van der Waals surface area contributed by atoms with E-state index in [9.17, 15) is 0 Å². The van der Waals surface area contributed by atoms with Crippen molar-refractivity contribution >= 4 is 11.8 Å². The Morgan fingerprint density at radius 1 is 1.06 bits per heavy atom. The predicted molar refractivity (Wildman–Crippen MR) is 66.1 cm³/mol. The van der Waals surface area contributed by atoms with Crippen LogP contribution >= 0.6 is 11.8 Å². The summed E-state index contributed by atoms with van der Waals surface area (Å²) in [5.74, 6) is 1.22. The number of ether oxygens (including phenoxy) is 2. The van der Waals surface area contributed by atoms with Crippen molar-refractivity contribution in [2.75, 3.05) is 32.2 Å². The number of aromatic hydroxyl groups is 1. The smallest absolute Gasteiger partial charge is 0.115 e. The standard InChI is InChI=1S/C12H18O3S/c1-2-14-7-8-15-9-10-16-12-5-3-11(13)4-6-12/h3-6,13H,2,7-10H2,1H3. The highest BCUT2D eigenvalue weighted by Crippen LogP contribution is 2.20. The van der Waals surface area contributed by atoms with E-state index < -0.39 is 0 Å². The van der Waals surface area contributed by atoms with Crippen molar-refractivity contribution in [1.82, 2.24) is 0 Å². The third kappa shape index (κ3) is 6.00. The van der Waals surface area contributed by atoms with E-state index in [0.29, 0.717) is 19.0 Å². The summed E-state index contributed by atoms with van der Waals surface area (Å²) >= 11 is 1.72. The van der Waals surface area contributed by atoms with Gasteiger partial charge in [0.15, 0.2) is 0 Å². The van der Waals surface area contributed by atoms with E-state index in [4.69, 9.17) is 14.6 Å². The first kappa shape index (κ1) is 13.4. The fourth-order valence-corrected chi connectivity index (χ4v) is 1.89. The van der Waals surface area contributed by atoms with Crippen LogP contribution in [0.5, 0.6) is 5.75 Å². The molecule has 0 saturated carbocycles. The van der Waals surface area contributed by atoms with Gasteiger partial charge < -0.3 is 14.6 Å². The summed E-state index contributed by atoms with van der Waals surface area (Å²) in [6.07, 6.45) is 0. The first-order valence-corrected chi connectivity index (χ1v) is 6.39. The predicted octanol–water partition coefficient (Wildman–Crippen LogP) is 2.54. The molecule has 0 aliphatic carbocycles. The summed E-state index contributed by atoms with van der Waals surface area (Å²) in [6, 6.07) is 7.19. The number of thioether (sulfide) groups is 1. The van der Waals surface area contributed by atoms with Crippen LogP contribution in [0, 0.1) is 0 Å². The van der Waals surface area contributed by atoms with Gasteiger partial charge in [0, 0.05) is 17.3 Å². The quantitative estimate of drug-likeness (QED) is 0.561. The van der Waals surface area contributed by atoms with Gasteiger partial charge in [0.05, 0.1) is 19.8 Å². The van der Waals surface area contributed by atoms with Crippen LogP contribution in [0.4, 0.5) is 0 Å². The van der Waals surface area contributed by atoms with Crippen molar-refractivity contribution in [3.05, 3.63) is 24.3 Å². The van der Waals surface area contributed by atoms with Crippen LogP contribution in [-0.4, -0.2) is 37.3 Å². The molecule has 0 fully saturated rings. The number of phenolic OH excluding ortho intramolecular Hbond substituents is 1. The Labute approximate surface area is 101 Å². The Hall–Kier alpha value is -0.710. The Bertz CT molecular complexity index is 274. The largest absolute Gasteiger partial charge is 0.508 e. The summed E-state index contributed by atoms with van der Waals surface area (Å²) in [6.45, 7) is 4.76. The topological polar surface area (TPSA) is 38.7 Å². The van der Waals surface area contributed by atoms with Crippen LogP contribution in [0.2, 0.25) is 0 Å². The molecule has 16 heavy (non-hydrogen) atoms. The van der Waals surface area contributed by atoms with Gasteiger partial charge in [0.1, 0.15) is 5.75 Å². The summed E-state index contributed by atoms with van der Waals surface area (Å²) in [4.78, 5) is 1.14. The fourth-order valence-electron chi connectivity index (χ4n) is 1.13. The highest BCUT2D eigenvalue weighted by atomic mass is 32.2. The van der Waals surface area contributed by atoms with E-state index in [0.717, 1.165) is 23.9 Å². The minimum absolute atomic E-state index is 0.303. The second-order valence-electron chi connectivity index (χ2n) is 3.15. The molecule has 1 aromatic carbocycles. The monoisotopic (exact) mass is 242 g/mol. The normalized spacial score (nSPS) is 10.6. The molecule has 0 aliphatic heterocycles. The molecule has 0 atom stereocenters. The van der Waals surface area contributed by atoms with Gasteiger partial charge in [0.2, 0.25) is 0 Å². The molecule has 1 aromatic rings. The number of phenols is 1. The van der Waals surface area contributed by atoms with Gasteiger partial charge in [-0.3, -0.25) is 0 Å². The maximum Gasteiger partial charge on any atom is 0.115 e.